The fourth-order valence-corrected chi connectivity index (χ4v) is 2.19. The monoisotopic (exact) mass is 235 g/mol. The van der Waals surface area contributed by atoms with Gasteiger partial charge in [0.25, 0.3) is 0 Å². The molecule has 1 aromatic heterocycles. The van der Waals surface area contributed by atoms with Crippen molar-refractivity contribution >= 4 is 5.82 Å². The maximum Gasteiger partial charge on any atom is 0.131 e. The number of hydrogen-bond donors (Lipinski definition) is 1. The predicted molar refractivity (Wildman–Crippen MR) is 67.6 cm³/mol. The quantitative estimate of drug-likeness (QED) is 0.865. The lowest BCUT2D eigenvalue weighted by Crippen LogP contribution is -2.11. The Morgan fingerprint density at radius 1 is 1.47 bits per heavy atom. The van der Waals surface area contributed by atoms with Crippen molar-refractivity contribution in [2.75, 3.05) is 18.9 Å². The molecule has 1 aliphatic heterocycles. The van der Waals surface area contributed by atoms with Crippen molar-refractivity contribution < 1.29 is 4.74 Å². The van der Waals surface area contributed by atoms with Crippen molar-refractivity contribution in [3.63, 3.8) is 0 Å². The Morgan fingerprint density at radius 2 is 2.29 bits per heavy atom. The highest BCUT2D eigenvalue weighted by atomic mass is 16.5. The van der Waals surface area contributed by atoms with Gasteiger partial charge in [0.2, 0.25) is 0 Å². The summed E-state index contributed by atoms with van der Waals surface area (Å²) in [5.41, 5.74) is 6.88. The zero-order chi connectivity index (χ0) is 12.3. The van der Waals surface area contributed by atoms with Crippen LogP contribution < -0.4 is 5.73 Å². The molecule has 1 aliphatic rings. The molecule has 2 heterocycles. The van der Waals surface area contributed by atoms with Crippen LogP contribution in [-0.2, 0) is 17.6 Å². The summed E-state index contributed by atoms with van der Waals surface area (Å²) in [6.45, 7) is 6.06. The molecule has 4 heteroatoms. The standard InChI is InChI=1S/C13H21N3O/c1-9(2)5-11-7-12(14)16-13(15-11)6-10-3-4-17-8-10/h7,9-10H,3-6,8H2,1-2H3,(H2,14,15,16). The second kappa shape index (κ2) is 5.45. The number of anilines is 1. The predicted octanol–water partition coefficient (Wildman–Crippen LogP) is 1.84. The second-order valence-electron chi connectivity index (χ2n) is 5.23. The van der Waals surface area contributed by atoms with Crippen molar-refractivity contribution in [1.82, 2.24) is 9.97 Å². The van der Waals surface area contributed by atoms with Gasteiger partial charge in [0.05, 0.1) is 0 Å². The minimum Gasteiger partial charge on any atom is -0.384 e. The van der Waals surface area contributed by atoms with Gasteiger partial charge in [-0.25, -0.2) is 9.97 Å². The molecule has 94 valence electrons. The van der Waals surface area contributed by atoms with Crippen molar-refractivity contribution in [2.24, 2.45) is 11.8 Å². The summed E-state index contributed by atoms with van der Waals surface area (Å²) in [6, 6.07) is 1.88. The van der Waals surface area contributed by atoms with Gasteiger partial charge < -0.3 is 10.5 Å². The van der Waals surface area contributed by atoms with Crippen LogP contribution in [0.3, 0.4) is 0 Å². The van der Waals surface area contributed by atoms with Crippen LogP contribution in [0.15, 0.2) is 6.07 Å². The second-order valence-corrected chi connectivity index (χ2v) is 5.23. The average Bonchev–Trinajstić information content (AvgIpc) is 2.67. The molecular weight excluding hydrogens is 214 g/mol. The Labute approximate surface area is 103 Å². The van der Waals surface area contributed by atoms with Crippen LogP contribution in [0.4, 0.5) is 5.82 Å². The van der Waals surface area contributed by atoms with Gasteiger partial charge in [-0.3, -0.25) is 0 Å². The van der Waals surface area contributed by atoms with E-state index in [-0.39, 0.29) is 0 Å². The van der Waals surface area contributed by atoms with Crippen LogP contribution in [0.1, 0.15) is 31.8 Å². The van der Waals surface area contributed by atoms with Gasteiger partial charge in [0.1, 0.15) is 11.6 Å². The number of hydrogen-bond acceptors (Lipinski definition) is 4. The van der Waals surface area contributed by atoms with Crippen molar-refractivity contribution in [1.29, 1.82) is 0 Å². The maximum atomic E-state index is 5.83. The van der Waals surface area contributed by atoms with Gasteiger partial charge in [-0.05, 0) is 24.7 Å². The van der Waals surface area contributed by atoms with Gasteiger partial charge in [-0.15, -0.1) is 0 Å². The van der Waals surface area contributed by atoms with E-state index < -0.39 is 0 Å². The molecule has 1 fully saturated rings. The topological polar surface area (TPSA) is 61.0 Å². The van der Waals surface area contributed by atoms with Gasteiger partial charge in [0, 0.05) is 31.4 Å². The maximum absolute atomic E-state index is 5.83. The summed E-state index contributed by atoms with van der Waals surface area (Å²) in [5.74, 6) is 2.61. The fourth-order valence-electron chi connectivity index (χ4n) is 2.19. The lowest BCUT2D eigenvalue weighted by atomic mass is 10.0. The summed E-state index contributed by atoms with van der Waals surface area (Å²) >= 11 is 0. The Balaban J connectivity index is 2.07. The van der Waals surface area contributed by atoms with Crippen molar-refractivity contribution in [2.45, 2.75) is 33.1 Å². The Hall–Kier alpha value is -1.16. The third-order valence-electron chi connectivity index (χ3n) is 2.96. The van der Waals surface area contributed by atoms with Crippen LogP contribution in [0.25, 0.3) is 0 Å². The minimum atomic E-state index is 0.559. The molecule has 17 heavy (non-hydrogen) atoms. The molecular formula is C13H21N3O. The molecule has 4 nitrogen and oxygen atoms in total. The summed E-state index contributed by atoms with van der Waals surface area (Å²) in [4.78, 5) is 8.91. The van der Waals surface area contributed by atoms with Crippen LogP contribution >= 0.6 is 0 Å². The first kappa shape index (κ1) is 12.3. The largest absolute Gasteiger partial charge is 0.384 e. The Bertz CT molecular complexity index is 373. The van der Waals surface area contributed by atoms with Gasteiger partial charge in [-0.2, -0.15) is 0 Å². The van der Waals surface area contributed by atoms with Gasteiger partial charge >= 0.3 is 0 Å². The first-order chi connectivity index (χ1) is 8.13. The third kappa shape index (κ3) is 3.66. The first-order valence-corrected chi connectivity index (χ1v) is 6.33. The molecule has 0 radical (unpaired) electrons. The molecule has 1 saturated heterocycles. The molecule has 2 N–H and O–H groups in total. The number of aromatic nitrogens is 2. The highest BCUT2D eigenvalue weighted by Gasteiger charge is 2.18. The lowest BCUT2D eigenvalue weighted by molar-refractivity contribution is 0.185. The SMILES string of the molecule is CC(C)Cc1cc(N)nc(CC2CCOC2)n1. The molecule has 0 aromatic carbocycles. The number of rotatable bonds is 4. The highest BCUT2D eigenvalue weighted by molar-refractivity contribution is 5.30. The van der Waals surface area contributed by atoms with Gasteiger partial charge in [0.15, 0.2) is 0 Å². The molecule has 0 spiro atoms. The van der Waals surface area contributed by atoms with Crippen LogP contribution in [-0.4, -0.2) is 23.2 Å². The summed E-state index contributed by atoms with van der Waals surface area (Å²) in [5, 5.41) is 0. The van der Waals surface area contributed by atoms with E-state index in [0.717, 1.165) is 44.0 Å². The van der Waals surface area contributed by atoms with Crippen molar-refractivity contribution in [3.8, 4) is 0 Å². The highest BCUT2D eigenvalue weighted by Crippen LogP contribution is 2.17. The zero-order valence-electron chi connectivity index (χ0n) is 10.6. The molecule has 0 aliphatic carbocycles. The number of nitrogens with two attached hydrogens (primary N) is 1. The zero-order valence-corrected chi connectivity index (χ0v) is 10.6. The number of nitrogen functional groups attached to an aromatic ring is 1. The molecule has 2 rings (SSSR count). The van der Waals surface area contributed by atoms with E-state index in [2.05, 4.69) is 23.8 Å². The molecule has 0 saturated carbocycles. The molecule has 1 aromatic rings. The molecule has 1 atom stereocenters. The van der Waals surface area contributed by atoms with Gasteiger partial charge in [-0.1, -0.05) is 13.8 Å². The van der Waals surface area contributed by atoms with E-state index in [1.54, 1.807) is 0 Å². The third-order valence-corrected chi connectivity index (χ3v) is 2.96. The average molecular weight is 235 g/mol. The van der Waals surface area contributed by atoms with E-state index in [1.165, 1.54) is 0 Å². The summed E-state index contributed by atoms with van der Waals surface area (Å²) in [7, 11) is 0. The van der Waals surface area contributed by atoms with E-state index in [4.69, 9.17) is 10.5 Å². The Kier molecular flexibility index (Phi) is 3.94. The molecule has 1 unspecified atom stereocenters. The van der Waals surface area contributed by atoms with Crippen LogP contribution in [0.5, 0.6) is 0 Å². The van der Waals surface area contributed by atoms with E-state index in [1.807, 2.05) is 6.07 Å². The minimum absolute atomic E-state index is 0.559. The van der Waals surface area contributed by atoms with Crippen LogP contribution in [0, 0.1) is 11.8 Å². The van der Waals surface area contributed by atoms with Crippen molar-refractivity contribution in [3.05, 3.63) is 17.6 Å². The first-order valence-electron chi connectivity index (χ1n) is 6.33. The molecule has 0 bridgehead atoms. The molecule has 0 amide bonds. The summed E-state index contributed by atoms with van der Waals surface area (Å²) < 4.78 is 5.37. The summed E-state index contributed by atoms with van der Waals surface area (Å²) in [6.07, 6.45) is 2.95. The smallest absolute Gasteiger partial charge is 0.131 e. The van der Waals surface area contributed by atoms with E-state index in [9.17, 15) is 0 Å². The van der Waals surface area contributed by atoms with E-state index in [0.29, 0.717) is 17.7 Å². The normalized spacial score (nSPS) is 20.1. The fraction of sp³-hybridized carbons (Fsp3) is 0.692. The number of nitrogens with zero attached hydrogens (tertiary/aromatic N) is 2. The van der Waals surface area contributed by atoms with E-state index >= 15 is 0 Å². The number of ether oxygens (including phenoxy) is 1. The van der Waals surface area contributed by atoms with Crippen LogP contribution in [0.2, 0.25) is 0 Å². The lowest BCUT2D eigenvalue weighted by Gasteiger charge is -2.10. The Morgan fingerprint density at radius 3 is 2.94 bits per heavy atom.